The number of fused-ring (bicyclic) bond motifs is 1. The molecule has 0 radical (unpaired) electrons. The molecule has 0 amide bonds. The summed E-state index contributed by atoms with van der Waals surface area (Å²) in [5, 5.41) is 2.71. The maximum absolute atomic E-state index is 2.65. The molecule has 5 heteroatoms. The van der Waals surface area contributed by atoms with Gasteiger partial charge in [0.25, 0.3) is 5.82 Å². The molecule has 4 aromatic rings. The predicted molar refractivity (Wildman–Crippen MR) is 181 cm³/mol. The van der Waals surface area contributed by atoms with Gasteiger partial charge in [-0.3, -0.25) is 4.90 Å². The lowest BCUT2D eigenvalue weighted by Gasteiger charge is -2.27. The van der Waals surface area contributed by atoms with Gasteiger partial charge in [-0.05, 0) is 87.5 Å². The lowest BCUT2D eigenvalue weighted by atomic mass is 10.0. The van der Waals surface area contributed by atoms with E-state index in [0.29, 0.717) is 0 Å². The zero-order chi connectivity index (χ0) is 28.9. The predicted octanol–water partition coefficient (Wildman–Crippen LogP) is 7.79. The molecule has 0 spiro atoms. The number of anilines is 2. The molecule has 0 N–H and O–H groups in total. The van der Waals surface area contributed by atoms with Crippen molar-refractivity contribution in [2.45, 2.75) is 56.9 Å². The summed E-state index contributed by atoms with van der Waals surface area (Å²) in [5.74, 6) is 1.36. The molecule has 2 aliphatic rings. The third-order valence-corrected chi connectivity index (χ3v) is 9.64. The number of hydrogen-bond donors (Lipinski definition) is 0. The minimum absolute atomic E-state index is 1.01. The minimum Gasteiger partial charge on any atom is -0.335 e. The topological polar surface area (TPSA) is 13.6 Å². The third-order valence-electron chi connectivity index (χ3n) is 8.55. The molecule has 0 saturated heterocycles. The van der Waals surface area contributed by atoms with Gasteiger partial charge in [0, 0.05) is 29.4 Å². The molecular formula is C37H45N4S+. The monoisotopic (exact) mass is 577 g/mol. The van der Waals surface area contributed by atoms with Crippen LogP contribution in [0, 0.1) is 0 Å². The first kappa shape index (κ1) is 28.8. The molecule has 3 aromatic carbocycles. The molecule has 6 rings (SSSR count). The van der Waals surface area contributed by atoms with E-state index < -0.39 is 0 Å². The molecule has 0 aliphatic carbocycles. The highest BCUT2D eigenvalue weighted by Gasteiger charge is 2.31. The Morgan fingerprint density at radius 2 is 1.74 bits per heavy atom. The van der Waals surface area contributed by atoms with Crippen LogP contribution in [0.5, 0.6) is 0 Å². The van der Waals surface area contributed by atoms with Gasteiger partial charge < -0.3 is 9.80 Å². The van der Waals surface area contributed by atoms with Crippen LogP contribution in [0.4, 0.5) is 11.5 Å². The lowest BCUT2D eigenvalue weighted by molar-refractivity contribution is -0.659. The second-order valence-corrected chi connectivity index (χ2v) is 13.0. The van der Waals surface area contributed by atoms with E-state index in [-0.39, 0.29) is 0 Å². The summed E-state index contributed by atoms with van der Waals surface area (Å²) in [6.45, 7) is 7.65. The SMILES string of the molecule is CCCN(CCCN(C)C)c1cc(/C=C2\Sc3cccc4c3N2CCC4)c2ccccc2[n+]1CCCc1ccccc1. The Hall–Kier alpha value is -3.28. The zero-order valence-corrected chi connectivity index (χ0v) is 26.4. The zero-order valence-electron chi connectivity index (χ0n) is 25.6. The number of thioether (sulfide) groups is 1. The van der Waals surface area contributed by atoms with E-state index in [0.717, 1.165) is 58.4 Å². The van der Waals surface area contributed by atoms with Crippen molar-refractivity contribution in [3.05, 3.63) is 101 Å². The molecule has 4 nitrogen and oxygen atoms in total. The number of aromatic nitrogens is 1. The van der Waals surface area contributed by atoms with Gasteiger partial charge in [-0.1, -0.05) is 79.3 Å². The van der Waals surface area contributed by atoms with Gasteiger partial charge in [-0.2, -0.15) is 0 Å². The van der Waals surface area contributed by atoms with Crippen molar-refractivity contribution in [2.24, 2.45) is 0 Å². The molecular weight excluding hydrogens is 533 g/mol. The highest BCUT2D eigenvalue weighted by atomic mass is 32.2. The van der Waals surface area contributed by atoms with Gasteiger partial charge in [0.1, 0.15) is 5.52 Å². The Kier molecular flexibility index (Phi) is 9.16. The van der Waals surface area contributed by atoms with Gasteiger partial charge in [0.2, 0.25) is 0 Å². The highest BCUT2D eigenvalue weighted by Crippen LogP contribution is 2.50. The first-order chi connectivity index (χ1) is 20.6. The largest absolute Gasteiger partial charge is 0.335 e. The standard InChI is InChI=1S/C37H45N4S/c1-4-22-39(24-13-23-38(2)3)35-27-31(28-36-41-26-12-18-30-17-10-21-34(42-36)37(30)41)32-19-8-9-20-33(32)40(35)25-11-16-29-14-6-5-7-15-29/h5-10,14-15,17,19-21,27-28H,4,11-13,16,18,22-26H2,1-3H3/q+1. The maximum Gasteiger partial charge on any atom is 0.277 e. The summed E-state index contributed by atoms with van der Waals surface area (Å²) in [5.41, 5.74) is 7.03. The van der Waals surface area contributed by atoms with Crippen molar-refractivity contribution in [3.8, 4) is 0 Å². The van der Waals surface area contributed by atoms with Crippen LogP contribution in [0.25, 0.3) is 17.0 Å². The van der Waals surface area contributed by atoms with Gasteiger partial charge in [0.15, 0.2) is 0 Å². The molecule has 218 valence electrons. The fraction of sp³-hybridized carbons (Fsp3) is 0.378. The van der Waals surface area contributed by atoms with E-state index in [2.05, 4.69) is 125 Å². The van der Waals surface area contributed by atoms with Crippen molar-refractivity contribution in [1.82, 2.24) is 4.90 Å². The number of para-hydroxylation sites is 2. The molecule has 0 atom stereocenters. The van der Waals surface area contributed by atoms with E-state index in [9.17, 15) is 0 Å². The summed E-state index contributed by atoms with van der Waals surface area (Å²) in [4.78, 5) is 8.94. The second kappa shape index (κ2) is 13.4. The fourth-order valence-electron chi connectivity index (χ4n) is 6.59. The molecule has 0 bridgehead atoms. The first-order valence-corrected chi connectivity index (χ1v) is 16.6. The highest BCUT2D eigenvalue weighted by molar-refractivity contribution is 8.03. The lowest BCUT2D eigenvalue weighted by Crippen LogP contribution is -2.44. The van der Waals surface area contributed by atoms with Crippen LogP contribution in [0.2, 0.25) is 0 Å². The number of nitrogens with zero attached hydrogens (tertiary/aromatic N) is 4. The van der Waals surface area contributed by atoms with Crippen LogP contribution >= 0.6 is 11.8 Å². The van der Waals surface area contributed by atoms with Crippen LogP contribution in [0.1, 0.15) is 49.3 Å². The molecule has 42 heavy (non-hydrogen) atoms. The van der Waals surface area contributed by atoms with Crippen molar-refractivity contribution in [3.63, 3.8) is 0 Å². The van der Waals surface area contributed by atoms with E-state index in [4.69, 9.17) is 0 Å². The van der Waals surface area contributed by atoms with Gasteiger partial charge >= 0.3 is 0 Å². The van der Waals surface area contributed by atoms with Gasteiger partial charge in [-0.25, -0.2) is 4.57 Å². The number of pyridine rings is 1. The molecule has 0 fully saturated rings. The van der Waals surface area contributed by atoms with Gasteiger partial charge in [-0.15, -0.1) is 0 Å². The van der Waals surface area contributed by atoms with E-state index in [1.54, 1.807) is 0 Å². The van der Waals surface area contributed by atoms with Crippen LogP contribution < -0.4 is 14.4 Å². The quantitative estimate of drug-likeness (QED) is 0.159. The normalized spacial score (nSPS) is 15.1. The summed E-state index contributed by atoms with van der Waals surface area (Å²) in [6, 6.07) is 29.4. The van der Waals surface area contributed by atoms with E-state index in [1.165, 1.54) is 61.9 Å². The Morgan fingerprint density at radius 3 is 2.57 bits per heavy atom. The molecule has 3 heterocycles. The van der Waals surface area contributed by atoms with Crippen molar-refractivity contribution < 1.29 is 4.57 Å². The number of hydrogen-bond acceptors (Lipinski definition) is 4. The number of rotatable bonds is 12. The minimum atomic E-state index is 1.01. The summed E-state index contributed by atoms with van der Waals surface area (Å²) in [6.07, 6.45) is 9.38. The number of aryl methyl sites for hydroxylation is 3. The molecule has 0 saturated carbocycles. The first-order valence-electron chi connectivity index (χ1n) is 15.8. The van der Waals surface area contributed by atoms with Crippen molar-refractivity contribution in [2.75, 3.05) is 50.1 Å². The number of benzene rings is 3. The Bertz CT molecular complexity index is 1540. The molecule has 1 aromatic heterocycles. The average Bonchev–Trinajstić information content (AvgIpc) is 3.36. The van der Waals surface area contributed by atoms with Crippen LogP contribution in [0.15, 0.2) is 88.8 Å². The second-order valence-electron chi connectivity index (χ2n) is 12.0. The van der Waals surface area contributed by atoms with Crippen molar-refractivity contribution in [1.29, 1.82) is 0 Å². The average molecular weight is 578 g/mol. The maximum atomic E-state index is 2.65. The summed E-state index contributed by atoms with van der Waals surface area (Å²) in [7, 11) is 4.36. The molecule has 2 aliphatic heterocycles. The summed E-state index contributed by atoms with van der Waals surface area (Å²) < 4.78 is 2.61. The fourth-order valence-corrected chi connectivity index (χ4v) is 7.78. The van der Waals surface area contributed by atoms with E-state index in [1.807, 2.05) is 11.8 Å². The van der Waals surface area contributed by atoms with Crippen LogP contribution in [0.3, 0.4) is 0 Å². The van der Waals surface area contributed by atoms with Crippen LogP contribution in [-0.4, -0.2) is 45.2 Å². The Morgan fingerprint density at radius 1 is 0.905 bits per heavy atom. The third kappa shape index (κ3) is 6.23. The summed E-state index contributed by atoms with van der Waals surface area (Å²) >= 11 is 1.94. The van der Waals surface area contributed by atoms with Gasteiger partial charge in [0.05, 0.1) is 30.4 Å². The van der Waals surface area contributed by atoms with E-state index >= 15 is 0 Å². The Balaban J connectivity index is 1.42. The van der Waals surface area contributed by atoms with Crippen molar-refractivity contribution >= 4 is 40.2 Å². The van der Waals surface area contributed by atoms with Crippen LogP contribution in [-0.2, 0) is 19.4 Å². The Labute approximate surface area is 256 Å². The molecule has 0 unspecified atom stereocenters. The smallest absolute Gasteiger partial charge is 0.277 e.